The highest BCUT2D eigenvalue weighted by Gasteiger charge is 2.41. The van der Waals surface area contributed by atoms with Gasteiger partial charge in [-0.15, -0.1) is 0 Å². The van der Waals surface area contributed by atoms with Gasteiger partial charge in [0.1, 0.15) is 0 Å². The summed E-state index contributed by atoms with van der Waals surface area (Å²) in [6, 6.07) is 0. The minimum atomic E-state index is -0.433. The van der Waals surface area contributed by atoms with Gasteiger partial charge in [-0.2, -0.15) is 0 Å². The Morgan fingerprint density at radius 3 is 2.40 bits per heavy atom. The summed E-state index contributed by atoms with van der Waals surface area (Å²) in [6.07, 6.45) is 3.79. The van der Waals surface area contributed by atoms with Gasteiger partial charge in [-0.3, -0.25) is 9.59 Å². The van der Waals surface area contributed by atoms with Gasteiger partial charge in [0.15, 0.2) is 0 Å². The van der Waals surface area contributed by atoms with Crippen LogP contribution in [0, 0.1) is 17.3 Å². The van der Waals surface area contributed by atoms with Crippen LogP contribution >= 0.6 is 0 Å². The molecule has 1 unspecified atom stereocenters. The fraction of sp³-hybridized carbons (Fsp3) is 0.867. The van der Waals surface area contributed by atoms with Crippen molar-refractivity contribution in [1.29, 1.82) is 0 Å². The fourth-order valence-corrected chi connectivity index (χ4v) is 2.99. The molecule has 1 aliphatic rings. The predicted molar refractivity (Wildman–Crippen MR) is 77.9 cm³/mol. The maximum atomic E-state index is 12.7. The van der Waals surface area contributed by atoms with Gasteiger partial charge in [-0.1, -0.05) is 13.8 Å². The van der Waals surface area contributed by atoms with Gasteiger partial charge in [0, 0.05) is 20.1 Å². The zero-order valence-electron chi connectivity index (χ0n) is 13.1. The van der Waals surface area contributed by atoms with Crippen molar-refractivity contribution >= 4 is 11.9 Å². The molecule has 0 saturated heterocycles. The first-order valence-corrected chi connectivity index (χ1v) is 7.39. The summed E-state index contributed by atoms with van der Waals surface area (Å²) in [7, 11) is 3.11. The smallest absolute Gasteiger partial charge is 0.310 e. The molecule has 1 atom stereocenters. The lowest BCUT2D eigenvalue weighted by atomic mass is 9.70. The van der Waals surface area contributed by atoms with E-state index in [1.54, 1.807) is 18.9 Å². The number of rotatable bonds is 5. The van der Waals surface area contributed by atoms with Crippen LogP contribution in [-0.4, -0.2) is 44.0 Å². The highest BCUT2D eigenvalue weighted by Crippen LogP contribution is 2.39. The molecule has 1 fully saturated rings. The number of esters is 1. The molecule has 0 heterocycles. The van der Waals surface area contributed by atoms with Gasteiger partial charge in [-0.25, -0.2) is 0 Å². The average Bonchev–Trinajstić information content (AvgIpc) is 2.46. The number of hydrogen-bond donors (Lipinski definition) is 1. The van der Waals surface area contributed by atoms with Crippen LogP contribution in [0.4, 0.5) is 0 Å². The van der Waals surface area contributed by atoms with Crippen molar-refractivity contribution in [1.82, 2.24) is 4.90 Å². The number of ether oxygens (including phenoxy) is 1. The molecule has 1 aliphatic carbocycles. The summed E-state index contributed by atoms with van der Waals surface area (Å²) in [5.41, 5.74) is 5.47. The van der Waals surface area contributed by atoms with E-state index in [0.717, 1.165) is 25.7 Å². The van der Waals surface area contributed by atoms with Gasteiger partial charge in [0.05, 0.1) is 18.4 Å². The SMILES string of the molecule is COC(=O)C(C)CN(C)C(=O)C1(CN)CCC(C)CC1. The fourth-order valence-electron chi connectivity index (χ4n) is 2.99. The number of nitrogens with two attached hydrogens (primary N) is 1. The van der Waals surface area contributed by atoms with Gasteiger partial charge in [-0.05, 0) is 31.6 Å². The summed E-state index contributed by atoms with van der Waals surface area (Å²) in [4.78, 5) is 25.8. The second-order valence-electron chi connectivity index (χ2n) is 6.28. The number of carbonyl (C=O) groups is 2. The molecule has 0 aromatic carbocycles. The predicted octanol–water partition coefficient (Wildman–Crippen LogP) is 1.41. The lowest BCUT2D eigenvalue weighted by Gasteiger charge is -2.40. The Kier molecular flexibility index (Phi) is 5.99. The monoisotopic (exact) mass is 284 g/mol. The van der Waals surface area contributed by atoms with Crippen LogP contribution in [0.5, 0.6) is 0 Å². The van der Waals surface area contributed by atoms with Gasteiger partial charge in [0.25, 0.3) is 0 Å². The number of amides is 1. The van der Waals surface area contributed by atoms with E-state index in [2.05, 4.69) is 6.92 Å². The summed E-state index contributed by atoms with van der Waals surface area (Å²) < 4.78 is 4.70. The molecular formula is C15H28N2O3. The maximum absolute atomic E-state index is 12.7. The molecule has 0 spiro atoms. The van der Waals surface area contributed by atoms with Crippen molar-refractivity contribution in [3.8, 4) is 0 Å². The van der Waals surface area contributed by atoms with E-state index in [-0.39, 0.29) is 17.8 Å². The van der Waals surface area contributed by atoms with E-state index in [0.29, 0.717) is 19.0 Å². The van der Waals surface area contributed by atoms with Gasteiger partial charge >= 0.3 is 5.97 Å². The lowest BCUT2D eigenvalue weighted by Crippen LogP contribution is -2.49. The number of nitrogens with zero attached hydrogens (tertiary/aromatic N) is 1. The highest BCUT2D eigenvalue weighted by molar-refractivity contribution is 5.83. The molecule has 5 heteroatoms. The third kappa shape index (κ3) is 3.72. The van der Waals surface area contributed by atoms with Crippen molar-refractivity contribution in [3.63, 3.8) is 0 Å². The number of methoxy groups -OCH3 is 1. The van der Waals surface area contributed by atoms with Crippen LogP contribution < -0.4 is 5.73 Å². The number of hydrogen-bond acceptors (Lipinski definition) is 4. The molecule has 1 amide bonds. The first-order chi connectivity index (χ1) is 9.36. The van der Waals surface area contributed by atoms with E-state index in [1.807, 2.05) is 0 Å². The maximum Gasteiger partial charge on any atom is 0.310 e. The van der Waals surface area contributed by atoms with E-state index in [9.17, 15) is 9.59 Å². The second-order valence-corrected chi connectivity index (χ2v) is 6.28. The van der Waals surface area contributed by atoms with Crippen molar-refractivity contribution in [2.45, 2.75) is 39.5 Å². The average molecular weight is 284 g/mol. The highest BCUT2D eigenvalue weighted by atomic mass is 16.5. The zero-order valence-corrected chi connectivity index (χ0v) is 13.1. The van der Waals surface area contributed by atoms with Crippen LogP contribution in [-0.2, 0) is 14.3 Å². The van der Waals surface area contributed by atoms with Gasteiger partial charge < -0.3 is 15.4 Å². The van der Waals surface area contributed by atoms with Crippen molar-refractivity contribution in [2.24, 2.45) is 23.0 Å². The molecule has 1 rings (SSSR count). The summed E-state index contributed by atoms with van der Waals surface area (Å²) >= 11 is 0. The third-order valence-electron chi connectivity index (χ3n) is 4.57. The Morgan fingerprint density at radius 1 is 1.40 bits per heavy atom. The topological polar surface area (TPSA) is 72.6 Å². The minimum absolute atomic E-state index is 0.0719. The summed E-state index contributed by atoms with van der Waals surface area (Å²) in [5, 5.41) is 0. The Bertz CT molecular complexity index is 349. The van der Waals surface area contributed by atoms with Crippen molar-refractivity contribution in [2.75, 3.05) is 27.2 Å². The van der Waals surface area contributed by atoms with E-state index in [4.69, 9.17) is 10.5 Å². The molecule has 1 saturated carbocycles. The largest absolute Gasteiger partial charge is 0.469 e. The first kappa shape index (κ1) is 17.0. The quantitative estimate of drug-likeness (QED) is 0.775. The zero-order chi connectivity index (χ0) is 15.3. The Balaban J connectivity index is 2.68. The lowest BCUT2D eigenvalue weighted by molar-refractivity contribution is -0.148. The third-order valence-corrected chi connectivity index (χ3v) is 4.57. The second kappa shape index (κ2) is 7.07. The molecule has 0 aliphatic heterocycles. The van der Waals surface area contributed by atoms with Crippen LogP contribution in [0.2, 0.25) is 0 Å². The normalized spacial score (nSPS) is 27.8. The minimum Gasteiger partial charge on any atom is -0.469 e. The Hall–Kier alpha value is -1.10. The molecule has 5 nitrogen and oxygen atoms in total. The van der Waals surface area contributed by atoms with Crippen LogP contribution in [0.25, 0.3) is 0 Å². The standard InChI is InChI=1S/C15H28N2O3/c1-11-5-7-15(10-16,8-6-11)14(19)17(3)9-12(2)13(18)20-4/h11-12H,5-10,16H2,1-4H3. The van der Waals surface area contributed by atoms with E-state index >= 15 is 0 Å². The van der Waals surface area contributed by atoms with E-state index < -0.39 is 5.41 Å². The molecule has 20 heavy (non-hydrogen) atoms. The Morgan fingerprint density at radius 2 is 1.95 bits per heavy atom. The van der Waals surface area contributed by atoms with Crippen molar-refractivity contribution < 1.29 is 14.3 Å². The van der Waals surface area contributed by atoms with E-state index in [1.165, 1.54) is 7.11 Å². The van der Waals surface area contributed by atoms with Gasteiger partial charge in [0.2, 0.25) is 5.91 Å². The van der Waals surface area contributed by atoms with Crippen LogP contribution in [0.15, 0.2) is 0 Å². The molecule has 0 aromatic heterocycles. The molecule has 0 bridgehead atoms. The van der Waals surface area contributed by atoms with Crippen LogP contribution in [0.1, 0.15) is 39.5 Å². The van der Waals surface area contributed by atoms with Crippen molar-refractivity contribution in [3.05, 3.63) is 0 Å². The molecule has 0 aromatic rings. The molecular weight excluding hydrogens is 256 g/mol. The molecule has 116 valence electrons. The number of carbonyl (C=O) groups excluding carboxylic acids is 2. The Labute approximate surface area is 121 Å². The summed E-state index contributed by atoms with van der Waals surface area (Å²) in [6.45, 7) is 4.75. The van der Waals surface area contributed by atoms with Crippen LogP contribution in [0.3, 0.4) is 0 Å². The summed E-state index contributed by atoms with van der Waals surface area (Å²) in [5.74, 6) is 0.138. The molecule has 0 radical (unpaired) electrons. The molecule has 2 N–H and O–H groups in total. The first-order valence-electron chi connectivity index (χ1n) is 7.39.